The molecule has 3 aromatic rings. The summed E-state index contributed by atoms with van der Waals surface area (Å²) in [7, 11) is 0. The molecule has 2 saturated heterocycles. The van der Waals surface area contributed by atoms with Crippen LogP contribution in [0.2, 0.25) is 0 Å². The van der Waals surface area contributed by atoms with Gasteiger partial charge in [-0.05, 0) is 102 Å². The van der Waals surface area contributed by atoms with E-state index < -0.39 is 5.60 Å². The minimum absolute atomic E-state index is 0.0575. The smallest absolute Gasteiger partial charge is 0.108 e. The van der Waals surface area contributed by atoms with Crippen molar-refractivity contribution in [2.24, 2.45) is 11.3 Å². The van der Waals surface area contributed by atoms with E-state index in [1.165, 1.54) is 55.8 Å². The first-order valence-corrected chi connectivity index (χ1v) is 16.3. The number of nitrogens with zero attached hydrogens (tertiary/aromatic N) is 3. The third-order valence-electron chi connectivity index (χ3n) is 11.2. The Labute approximate surface area is 244 Å². The van der Waals surface area contributed by atoms with Crippen LogP contribution in [0, 0.1) is 11.3 Å². The van der Waals surface area contributed by atoms with Gasteiger partial charge in [0.2, 0.25) is 0 Å². The summed E-state index contributed by atoms with van der Waals surface area (Å²) in [5, 5.41) is 15.9. The van der Waals surface area contributed by atoms with Gasteiger partial charge in [0.25, 0.3) is 0 Å². The van der Waals surface area contributed by atoms with E-state index >= 15 is 0 Å². The van der Waals surface area contributed by atoms with Crippen LogP contribution in [0.5, 0.6) is 0 Å². The van der Waals surface area contributed by atoms with Crippen LogP contribution in [0.1, 0.15) is 69.9 Å². The SMILES string of the molecule is O[C@@]12CC/C=C\CCCCN3CC[C@H](C=C1c1nccc4c1[nH]c1ccccc14)[C@]1(C[C@@H]4/C=C\CCCCN4[C@H]12)C3. The quantitative estimate of drug-likeness (QED) is 0.326. The molecule has 1 spiro atoms. The number of allylic oxidation sites excluding steroid dienone is 4. The molecular weight excluding hydrogens is 504 g/mol. The number of hydrogen-bond acceptors (Lipinski definition) is 4. The largest absolute Gasteiger partial charge is 0.383 e. The van der Waals surface area contributed by atoms with Gasteiger partial charge in [0, 0.05) is 46.1 Å². The number of nitrogens with one attached hydrogen (secondary N) is 1. The van der Waals surface area contributed by atoms with Crippen molar-refractivity contribution in [1.82, 2.24) is 19.8 Å². The second kappa shape index (κ2) is 10.2. The van der Waals surface area contributed by atoms with Crippen LogP contribution in [0.3, 0.4) is 0 Å². The minimum Gasteiger partial charge on any atom is -0.383 e. The number of benzene rings is 1. The maximum atomic E-state index is 13.5. The zero-order valence-electron chi connectivity index (χ0n) is 24.3. The van der Waals surface area contributed by atoms with Gasteiger partial charge in [-0.25, -0.2) is 0 Å². The number of aliphatic hydroxyl groups is 1. The van der Waals surface area contributed by atoms with Crippen molar-refractivity contribution < 1.29 is 5.11 Å². The molecule has 2 N–H and O–H groups in total. The molecule has 2 fully saturated rings. The zero-order valence-corrected chi connectivity index (χ0v) is 24.3. The Hall–Kier alpha value is -2.73. The first-order valence-electron chi connectivity index (χ1n) is 16.3. The van der Waals surface area contributed by atoms with Crippen molar-refractivity contribution in [2.45, 2.75) is 81.9 Å². The van der Waals surface area contributed by atoms with Crippen LogP contribution < -0.4 is 0 Å². The highest BCUT2D eigenvalue weighted by molar-refractivity contribution is 6.10. The molecule has 5 heteroatoms. The molecule has 0 saturated carbocycles. The summed E-state index contributed by atoms with van der Waals surface area (Å²) in [5.41, 5.74) is 3.31. The van der Waals surface area contributed by atoms with Gasteiger partial charge < -0.3 is 15.0 Å². The van der Waals surface area contributed by atoms with Crippen LogP contribution in [-0.2, 0) is 0 Å². The van der Waals surface area contributed by atoms with E-state index in [1.807, 2.05) is 6.20 Å². The number of pyridine rings is 1. The highest BCUT2D eigenvalue weighted by Crippen LogP contribution is 2.61. The van der Waals surface area contributed by atoms with Gasteiger partial charge in [-0.2, -0.15) is 0 Å². The van der Waals surface area contributed by atoms with Crippen LogP contribution in [0.25, 0.3) is 27.4 Å². The maximum Gasteiger partial charge on any atom is 0.108 e. The average Bonchev–Trinajstić information content (AvgIpc) is 3.49. The van der Waals surface area contributed by atoms with Crippen molar-refractivity contribution in [3.63, 3.8) is 0 Å². The maximum absolute atomic E-state index is 13.5. The van der Waals surface area contributed by atoms with E-state index in [4.69, 9.17) is 4.98 Å². The van der Waals surface area contributed by atoms with Crippen molar-refractivity contribution in [2.75, 3.05) is 26.2 Å². The van der Waals surface area contributed by atoms with E-state index in [9.17, 15) is 5.11 Å². The van der Waals surface area contributed by atoms with Gasteiger partial charge in [0.15, 0.2) is 0 Å². The van der Waals surface area contributed by atoms with E-state index in [1.54, 1.807) is 0 Å². The lowest BCUT2D eigenvalue weighted by atomic mass is 9.55. The lowest BCUT2D eigenvalue weighted by molar-refractivity contribution is -0.0863. The van der Waals surface area contributed by atoms with Gasteiger partial charge in [-0.15, -0.1) is 0 Å². The molecule has 4 aliphatic heterocycles. The number of piperidine rings is 1. The number of H-pyrrole nitrogens is 1. The fourth-order valence-electron chi connectivity index (χ4n) is 9.50. The van der Waals surface area contributed by atoms with Crippen LogP contribution >= 0.6 is 0 Å². The first kappa shape index (κ1) is 25.9. The van der Waals surface area contributed by atoms with Crippen molar-refractivity contribution in [1.29, 1.82) is 0 Å². The fraction of sp³-hybridized carbons (Fsp3) is 0.528. The van der Waals surface area contributed by atoms with Gasteiger partial charge in [-0.1, -0.05) is 48.6 Å². The van der Waals surface area contributed by atoms with E-state index in [0.29, 0.717) is 12.0 Å². The summed E-state index contributed by atoms with van der Waals surface area (Å²) >= 11 is 0. The molecule has 0 amide bonds. The van der Waals surface area contributed by atoms with Crippen LogP contribution in [-0.4, -0.2) is 68.7 Å². The minimum atomic E-state index is -0.974. The highest BCUT2D eigenvalue weighted by Gasteiger charge is 2.66. The second-order valence-corrected chi connectivity index (χ2v) is 13.5. The molecule has 0 radical (unpaired) electrons. The summed E-state index contributed by atoms with van der Waals surface area (Å²) < 4.78 is 0. The Balaban J connectivity index is 1.35. The molecule has 1 unspecified atom stereocenters. The van der Waals surface area contributed by atoms with Gasteiger partial charge in [-0.3, -0.25) is 9.88 Å². The first-order chi connectivity index (χ1) is 20.2. The number of aromatic nitrogens is 2. The molecule has 2 aromatic heterocycles. The Morgan fingerprint density at radius 1 is 0.902 bits per heavy atom. The summed E-state index contributed by atoms with van der Waals surface area (Å²) in [6.45, 7) is 4.51. The normalized spacial score (nSPS) is 37.6. The highest BCUT2D eigenvalue weighted by atomic mass is 16.3. The van der Waals surface area contributed by atoms with E-state index in [2.05, 4.69) is 75.5 Å². The molecule has 1 aromatic carbocycles. The molecule has 6 heterocycles. The zero-order chi connectivity index (χ0) is 27.4. The van der Waals surface area contributed by atoms with Gasteiger partial charge in [0.1, 0.15) is 5.60 Å². The third-order valence-corrected chi connectivity index (χ3v) is 11.2. The molecule has 214 valence electrons. The Morgan fingerprint density at radius 3 is 2.71 bits per heavy atom. The third kappa shape index (κ3) is 4.11. The van der Waals surface area contributed by atoms with Crippen molar-refractivity contribution in [3.8, 4) is 0 Å². The number of aromatic amines is 1. The van der Waals surface area contributed by atoms with E-state index in [-0.39, 0.29) is 11.5 Å². The fourth-order valence-corrected chi connectivity index (χ4v) is 9.50. The Bertz CT molecular complexity index is 1530. The molecule has 5 nitrogen and oxygen atoms in total. The molecule has 3 bridgehead atoms. The topological polar surface area (TPSA) is 55.4 Å². The molecule has 1 aliphatic carbocycles. The lowest BCUT2D eigenvalue weighted by Gasteiger charge is -2.58. The number of fused-ring (bicyclic) bond motifs is 5. The predicted molar refractivity (Wildman–Crippen MR) is 168 cm³/mol. The van der Waals surface area contributed by atoms with Gasteiger partial charge in [0.05, 0.1) is 17.3 Å². The van der Waals surface area contributed by atoms with Crippen LogP contribution in [0.4, 0.5) is 0 Å². The van der Waals surface area contributed by atoms with Crippen molar-refractivity contribution >= 4 is 27.4 Å². The average molecular weight is 549 g/mol. The molecule has 6 atom stereocenters. The molecular formula is C36H44N4O. The Kier molecular flexibility index (Phi) is 6.46. The summed E-state index contributed by atoms with van der Waals surface area (Å²) in [6.07, 6.45) is 25.3. The Morgan fingerprint density at radius 2 is 1.76 bits per heavy atom. The van der Waals surface area contributed by atoms with Gasteiger partial charge >= 0.3 is 0 Å². The second-order valence-electron chi connectivity index (χ2n) is 13.5. The monoisotopic (exact) mass is 548 g/mol. The summed E-state index contributed by atoms with van der Waals surface area (Å²) in [5.74, 6) is 0.447. The molecule has 41 heavy (non-hydrogen) atoms. The number of rotatable bonds is 1. The van der Waals surface area contributed by atoms with Crippen LogP contribution in [0.15, 0.2) is 66.9 Å². The molecule has 5 aliphatic rings. The number of para-hydroxylation sites is 1. The number of hydrogen-bond donors (Lipinski definition) is 2. The van der Waals surface area contributed by atoms with E-state index in [0.717, 1.165) is 67.6 Å². The van der Waals surface area contributed by atoms with Crippen molar-refractivity contribution in [3.05, 3.63) is 72.6 Å². The standard InChI is InChI=1S/C36H44N4O/c41-36-18-10-4-1-2-5-11-20-39-22-17-26(35(25-39)24-27-13-7-3-6-12-21-40(27)34(35)36)23-30(36)33-32-29(16-19-37-33)28-14-8-9-15-31(28)38-32/h1,4,7-9,13-16,19,23,26-27,34,38,41H,2-3,5-6,10-12,17-18,20-22,24-25H2/b4-1-,13-7-/t26-,27+,34-,35+,36+/m1/s1. The lowest BCUT2D eigenvalue weighted by Crippen LogP contribution is -2.66. The summed E-state index contributed by atoms with van der Waals surface area (Å²) in [4.78, 5) is 14.3. The predicted octanol–water partition coefficient (Wildman–Crippen LogP) is 6.86. The summed E-state index contributed by atoms with van der Waals surface area (Å²) in [6, 6.07) is 11.2. The molecule has 8 rings (SSSR count).